The fraction of sp³-hybridized carbons (Fsp3) is 0.281. The van der Waals surface area contributed by atoms with Crippen LogP contribution in [-0.2, 0) is 11.3 Å². The van der Waals surface area contributed by atoms with Gasteiger partial charge in [0.25, 0.3) is 5.91 Å². The summed E-state index contributed by atoms with van der Waals surface area (Å²) in [7, 11) is 1.74. The molecule has 2 aromatic carbocycles. The van der Waals surface area contributed by atoms with Crippen molar-refractivity contribution in [1.29, 1.82) is 0 Å². The molecule has 0 radical (unpaired) electrons. The lowest BCUT2D eigenvalue weighted by molar-refractivity contribution is 0.0635. The molecule has 0 atom stereocenters. The van der Waals surface area contributed by atoms with Crippen molar-refractivity contribution in [3.63, 3.8) is 0 Å². The first-order chi connectivity index (χ1) is 21.3. The molecule has 45 heavy (non-hydrogen) atoms. The van der Waals surface area contributed by atoms with E-state index in [0.717, 1.165) is 10.5 Å². The van der Waals surface area contributed by atoms with Crippen molar-refractivity contribution in [2.75, 3.05) is 35.7 Å². The molecule has 0 fully saturated rings. The quantitative estimate of drug-likeness (QED) is 0.241. The Morgan fingerprint density at radius 2 is 1.87 bits per heavy atom. The summed E-state index contributed by atoms with van der Waals surface area (Å²) in [6, 6.07) is 8.73. The molecule has 2 aliphatic rings. The van der Waals surface area contributed by atoms with E-state index in [1.54, 1.807) is 63.9 Å². The Balaban J connectivity index is 1.47. The lowest BCUT2D eigenvalue weighted by atomic mass is 9.96. The van der Waals surface area contributed by atoms with Gasteiger partial charge in [-0.05, 0) is 74.5 Å². The molecule has 0 bridgehead atoms. The Kier molecular flexibility index (Phi) is 7.18. The van der Waals surface area contributed by atoms with Gasteiger partial charge in [-0.2, -0.15) is 0 Å². The Morgan fingerprint density at radius 3 is 2.60 bits per heavy atom. The van der Waals surface area contributed by atoms with Crippen molar-refractivity contribution >= 4 is 51.7 Å². The first-order valence-electron chi connectivity index (χ1n) is 14.2. The summed E-state index contributed by atoms with van der Waals surface area (Å²) in [5, 5.41) is 16.4. The van der Waals surface area contributed by atoms with Crippen LogP contribution in [0.15, 0.2) is 42.7 Å². The second kappa shape index (κ2) is 10.9. The number of ether oxygens (including phenoxy) is 2. The van der Waals surface area contributed by atoms with Gasteiger partial charge < -0.3 is 24.8 Å². The molecule has 0 spiro atoms. The van der Waals surface area contributed by atoms with Crippen LogP contribution < -0.4 is 20.3 Å². The van der Waals surface area contributed by atoms with Gasteiger partial charge in [0.05, 0.1) is 12.2 Å². The Labute approximate surface area is 257 Å². The number of carbonyl (C=O) groups excluding carboxylic acids is 2. The molecule has 0 saturated heterocycles. The maximum Gasteiger partial charge on any atom is 0.412 e. The fourth-order valence-electron chi connectivity index (χ4n) is 5.56. The minimum absolute atomic E-state index is 0.0371. The number of fused-ring (bicyclic) bond motifs is 3. The van der Waals surface area contributed by atoms with Crippen molar-refractivity contribution in [1.82, 2.24) is 14.9 Å². The average molecular weight is 615 g/mol. The largest absolute Gasteiger partial charge is 0.474 e. The van der Waals surface area contributed by atoms with Crippen LogP contribution in [0.1, 0.15) is 42.3 Å². The number of hydrogen-bond donors (Lipinski definition) is 3. The molecule has 12 nitrogen and oxygen atoms in total. The van der Waals surface area contributed by atoms with Crippen LogP contribution in [0.25, 0.3) is 21.9 Å². The number of hydrogen-bond acceptors (Lipinski definition) is 8. The van der Waals surface area contributed by atoms with Gasteiger partial charge in [-0.1, -0.05) is 0 Å². The molecular weight excluding hydrogens is 583 g/mol. The Hall–Kier alpha value is -5.46. The number of carbonyl (C=O) groups is 3. The van der Waals surface area contributed by atoms with E-state index in [1.165, 1.54) is 12.4 Å². The van der Waals surface area contributed by atoms with E-state index in [9.17, 15) is 19.5 Å². The van der Waals surface area contributed by atoms with Crippen LogP contribution in [0.2, 0.25) is 0 Å². The van der Waals surface area contributed by atoms with Gasteiger partial charge in [0.15, 0.2) is 5.82 Å². The Morgan fingerprint density at radius 1 is 1.09 bits per heavy atom. The monoisotopic (exact) mass is 614 g/mol. The molecule has 4 heterocycles. The molecule has 3 amide bonds. The maximum absolute atomic E-state index is 16.5. The lowest BCUT2D eigenvalue weighted by Gasteiger charge is -2.29. The summed E-state index contributed by atoms with van der Waals surface area (Å²) in [5.74, 6) is -0.237. The summed E-state index contributed by atoms with van der Waals surface area (Å²) in [6.45, 7) is 7.48. The first kappa shape index (κ1) is 29.6. The highest BCUT2D eigenvalue weighted by molar-refractivity contribution is 6.04. The predicted molar refractivity (Wildman–Crippen MR) is 166 cm³/mol. The van der Waals surface area contributed by atoms with Gasteiger partial charge >= 0.3 is 12.2 Å². The second-order valence-electron chi connectivity index (χ2n) is 11.9. The number of nitrogens with one attached hydrogen (secondary N) is 2. The van der Waals surface area contributed by atoms with E-state index in [-0.39, 0.29) is 41.9 Å². The number of nitrogens with zero attached hydrogens (tertiary/aromatic N) is 4. The number of rotatable bonds is 4. The van der Waals surface area contributed by atoms with Crippen molar-refractivity contribution in [3.8, 4) is 17.0 Å². The third-order valence-electron chi connectivity index (χ3n) is 7.57. The minimum Gasteiger partial charge on any atom is -0.474 e. The number of halogens is 1. The van der Waals surface area contributed by atoms with Crippen LogP contribution in [-0.4, -0.2) is 63.9 Å². The zero-order valence-electron chi connectivity index (χ0n) is 25.3. The summed E-state index contributed by atoms with van der Waals surface area (Å²) >= 11 is 0. The highest BCUT2D eigenvalue weighted by atomic mass is 19.1. The molecule has 0 unspecified atom stereocenters. The van der Waals surface area contributed by atoms with E-state index in [1.807, 2.05) is 6.07 Å². The molecule has 4 aromatic rings. The molecule has 232 valence electrons. The summed E-state index contributed by atoms with van der Waals surface area (Å²) in [4.78, 5) is 48.7. The standard InChI is InChI=1S/C32H31FN6O6/c1-16-22(13-35-28-27(16)39(31(42)43)8-9-44-28)21-11-17-12-24(36-19-6-7-20-18(10-19)15-38(5)29(20)40)34-14-23(17)26(25(21)33)37-30(41)45-32(2,3)4/h6-7,10-14H,8-9,15H2,1-5H3,(H,34,36)(H,37,41)(H,42,43). The number of aromatic nitrogens is 2. The lowest BCUT2D eigenvalue weighted by Crippen LogP contribution is -2.37. The van der Waals surface area contributed by atoms with E-state index in [2.05, 4.69) is 20.6 Å². The highest BCUT2D eigenvalue weighted by Crippen LogP contribution is 2.42. The molecule has 3 N–H and O–H groups in total. The van der Waals surface area contributed by atoms with Crippen molar-refractivity contribution in [3.05, 3.63) is 65.2 Å². The van der Waals surface area contributed by atoms with E-state index >= 15 is 4.39 Å². The normalized spacial score (nSPS) is 14.1. The molecule has 13 heteroatoms. The zero-order chi connectivity index (χ0) is 32.2. The number of carboxylic acid groups (broad SMARTS) is 1. The molecular formula is C32H31FN6O6. The van der Waals surface area contributed by atoms with E-state index in [4.69, 9.17) is 9.47 Å². The molecule has 6 rings (SSSR count). The third-order valence-corrected chi connectivity index (χ3v) is 7.57. The SMILES string of the molecule is Cc1c(-c2cc3cc(Nc4ccc5c(c4)CN(C)C5=O)ncc3c(NC(=O)OC(C)(C)C)c2F)cnc2c1N(C(=O)O)CCO2. The van der Waals surface area contributed by atoms with Crippen LogP contribution in [0, 0.1) is 12.7 Å². The predicted octanol–water partition coefficient (Wildman–Crippen LogP) is 6.30. The van der Waals surface area contributed by atoms with Crippen molar-refractivity contribution in [2.45, 2.75) is 39.8 Å². The van der Waals surface area contributed by atoms with Gasteiger partial charge in [0.2, 0.25) is 5.88 Å². The van der Waals surface area contributed by atoms with Crippen LogP contribution >= 0.6 is 0 Å². The number of pyridine rings is 2. The Bertz CT molecular complexity index is 1910. The van der Waals surface area contributed by atoms with Gasteiger partial charge in [-0.25, -0.2) is 23.9 Å². The molecule has 2 aliphatic heterocycles. The van der Waals surface area contributed by atoms with E-state index in [0.29, 0.717) is 45.5 Å². The first-order valence-corrected chi connectivity index (χ1v) is 14.2. The average Bonchev–Trinajstić information content (AvgIpc) is 3.25. The van der Waals surface area contributed by atoms with Crippen molar-refractivity contribution < 1.29 is 33.4 Å². The summed E-state index contributed by atoms with van der Waals surface area (Å²) < 4.78 is 27.4. The molecule has 2 aromatic heterocycles. The van der Waals surface area contributed by atoms with Crippen molar-refractivity contribution in [2.24, 2.45) is 0 Å². The minimum atomic E-state index is -1.18. The van der Waals surface area contributed by atoms with Gasteiger partial charge in [-0.3, -0.25) is 15.0 Å². The number of benzene rings is 2. The van der Waals surface area contributed by atoms with E-state index < -0.39 is 23.6 Å². The summed E-state index contributed by atoms with van der Waals surface area (Å²) in [6.07, 6.45) is 0.826. The summed E-state index contributed by atoms with van der Waals surface area (Å²) in [5.41, 5.74) is 2.31. The third kappa shape index (κ3) is 5.52. The second-order valence-corrected chi connectivity index (χ2v) is 11.9. The topological polar surface area (TPSA) is 146 Å². The molecule has 0 saturated carbocycles. The highest BCUT2D eigenvalue weighted by Gasteiger charge is 2.30. The maximum atomic E-state index is 16.5. The zero-order valence-corrected chi connectivity index (χ0v) is 25.3. The van der Waals surface area contributed by atoms with Crippen LogP contribution in [0.4, 0.5) is 36.9 Å². The van der Waals surface area contributed by atoms with Gasteiger partial charge in [-0.15, -0.1) is 0 Å². The number of anilines is 4. The van der Waals surface area contributed by atoms with Gasteiger partial charge in [0.1, 0.15) is 23.7 Å². The number of amides is 3. The smallest absolute Gasteiger partial charge is 0.412 e. The van der Waals surface area contributed by atoms with Gasteiger partial charge in [0, 0.05) is 53.8 Å². The fourth-order valence-corrected chi connectivity index (χ4v) is 5.56. The van der Waals surface area contributed by atoms with Crippen LogP contribution in [0.3, 0.4) is 0 Å². The van der Waals surface area contributed by atoms with Crippen LogP contribution in [0.5, 0.6) is 5.88 Å². The molecule has 0 aliphatic carbocycles.